The third kappa shape index (κ3) is 2.79. The van der Waals surface area contributed by atoms with Crippen LogP contribution in [0.2, 0.25) is 0 Å². The highest BCUT2D eigenvalue weighted by atomic mass is 16.5. The molecular weight excluding hydrogens is 344 g/mol. The molecule has 0 radical (unpaired) electrons. The third-order valence-corrected chi connectivity index (χ3v) is 6.45. The van der Waals surface area contributed by atoms with E-state index in [0.29, 0.717) is 19.5 Å². The van der Waals surface area contributed by atoms with Gasteiger partial charge < -0.3 is 24.7 Å². The number of nitrogens with one attached hydrogen (secondary N) is 1. The fourth-order valence-electron chi connectivity index (χ4n) is 5.03. The lowest BCUT2D eigenvalue weighted by Crippen LogP contribution is -2.56. The van der Waals surface area contributed by atoms with Crippen LogP contribution in [0.3, 0.4) is 0 Å². The van der Waals surface area contributed by atoms with Crippen molar-refractivity contribution in [1.29, 1.82) is 0 Å². The van der Waals surface area contributed by atoms with Crippen molar-refractivity contribution in [3.8, 4) is 0 Å². The normalized spacial score (nSPS) is 30.0. The van der Waals surface area contributed by atoms with Gasteiger partial charge in [-0.25, -0.2) is 0 Å². The first-order valence-electron chi connectivity index (χ1n) is 9.53. The molecule has 0 aliphatic carbocycles. The van der Waals surface area contributed by atoms with Crippen LogP contribution in [0.1, 0.15) is 30.6 Å². The van der Waals surface area contributed by atoms with Crippen LogP contribution in [0.25, 0.3) is 10.9 Å². The van der Waals surface area contributed by atoms with Gasteiger partial charge in [0.2, 0.25) is 0 Å². The summed E-state index contributed by atoms with van der Waals surface area (Å²) in [5, 5.41) is 24.7. The summed E-state index contributed by atoms with van der Waals surface area (Å²) in [6.07, 6.45) is 3.22. The van der Waals surface area contributed by atoms with E-state index in [-0.39, 0.29) is 23.2 Å². The van der Waals surface area contributed by atoms with Crippen LogP contribution in [0.4, 0.5) is 0 Å². The maximum atomic E-state index is 13.7. The molecule has 1 aromatic heterocycles. The van der Waals surface area contributed by atoms with Gasteiger partial charge in [0.1, 0.15) is 12.6 Å². The number of carbonyl (C=O) groups is 1. The molecule has 1 fully saturated rings. The molecule has 27 heavy (non-hydrogen) atoms. The molecule has 4 atom stereocenters. The Bertz CT molecular complexity index is 903. The molecule has 0 saturated carbocycles. The summed E-state index contributed by atoms with van der Waals surface area (Å²) in [6.45, 7) is 2.51. The van der Waals surface area contributed by atoms with Gasteiger partial charge in [-0.05, 0) is 24.1 Å². The number of H-pyrrole nitrogens is 1. The molecule has 2 aliphatic rings. The number of hydrogen-bond acceptors (Lipinski definition) is 4. The lowest BCUT2D eigenvalue weighted by molar-refractivity contribution is -0.914. The predicted octanol–water partition coefficient (Wildman–Crippen LogP) is 2.83. The number of quaternary nitrogens is 1. The van der Waals surface area contributed by atoms with Crippen molar-refractivity contribution in [3.63, 3.8) is 0 Å². The molecule has 0 amide bonds. The van der Waals surface area contributed by atoms with Crippen LogP contribution < -0.4 is 0 Å². The summed E-state index contributed by atoms with van der Waals surface area (Å²) in [5.41, 5.74) is 4.22. The van der Waals surface area contributed by atoms with Crippen molar-refractivity contribution in [2.45, 2.75) is 25.8 Å². The number of hydroxylamine groups is 3. The molecule has 6 heteroatoms. The number of esters is 1. The SMILES string of the molecule is C/C=C1/C[N+]2([O-])CCc3c([nH]c4ccccc34)[C@@H]2C[C@@H]1[C@@H](CO)C(=O)OC. The van der Waals surface area contributed by atoms with Crippen molar-refractivity contribution in [1.82, 2.24) is 4.98 Å². The molecule has 1 saturated heterocycles. The maximum Gasteiger partial charge on any atom is 0.311 e. The molecule has 0 bridgehead atoms. The Morgan fingerprint density at radius 3 is 2.96 bits per heavy atom. The first-order chi connectivity index (χ1) is 13.0. The highest BCUT2D eigenvalue weighted by molar-refractivity contribution is 5.85. The van der Waals surface area contributed by atoms with Crippen LogP contribution in [-0.2, 0) is 16.0 Å². The second-order valence-corrected chi connectivity index (χ2v) is 7.68. The summed E-state index contributed by atoms with van der Waals surface area (Å²) < 4.78 is 4.61. The molecule has 1 aromatic carbocycles. The Kier molecular flexibility index (Phi) is 4.58. The van der Waals surface area contributed by atoms with Crippen molar-refractivity contribution in [3.05, 3.63) is 52.4 Å². The number of aliphatic hydroxyl groups is 1. The summed E-state index contributed by atoms with van der Waals surface area (Å²) in [5.74, 6) is -1.24. The number of ether oxygens (including phenoxy) is 1. The lowest BCUT2D eigenvalue weighted by Gasteiger charge is -2.56. The van der Waals surface area contributed by atoms with Crippen LogP contribution in [0.15, 0.2) is 35.9 Å². The number of piperidine rings is 1. The first-order valence-corrected chi connectivity index (χ1v) is 9.53. The van der Waals surface area contributed by atoms with E-state index in [2.05, 4.69) is 11.1 Å². The molecule has 4 rings (SSSR count). The van der Waals surface area contributed by atoms with Gasteiger partial charge in [0, 0.05) is 29.7 Å². The van der Waals surface area contributed by atoms with Gasteiger partial charge >= 0.3 is 5.97 Å². The maximum absolute atomic E-state index is 13.7. The molecule has 2 N–H and O–H groups in total. The summed E-state index contributed by atoms with van der Waals surface area (Å²) in [4.78, 5) is 15.7. The van der Waals surface area contributed by atoms with Gasteiger partial charge in [-0.1, -0.05) is 24.3 Å². The summed E-state index contributed by atoms with van der Waals surface area (Å²) in [6, 6.07) is 7.89. The second-order valence-electron chi connectivity index (χ2n) is 7.68. The van der Waals surface area contributed by atoms with Crippen LogP contribution in [-0.4, -0.2) is 47.5 Å². The minimum atomic E-state index is -0.635. The van der Waals surface area contributed by atoms with Gasteiger partial charge in [-0.3, -0.25) is 4.79 Å². The second kappa shape index (κ2) is 6.78. The number of methoxy groups -OCH3 is 1. The number of nitrogens with zero attached hydrogens (tertiary/aromatic N) is 1. The molecule has 6 nitrogen and oxygen atoms in total. The predicted molar refractivity (Wildman–Crippen MR) is 103 cm³/mol. The Balaban J connectivity index is 1.78. The molecular formula is C21H26N2O4. The minimum absolute atomic E-state index is 0.185. The third-order valence-electron chi connectivity index (χ3n) is 6.45. The van der Waals surface area contributed by atoms with E-state index in [1.165, 1.54) is 18.1 Å². The molecule has 2 aliphatic heterocycles. The van der Waals surface area contributed by atoms with Gasteiger partial charge in [-0.15, -0.1) is 0 Å². The fourth-order valence-corrected chi connectivity index (χ4v) is 5.03. The number of carbonyl (C=O) groups excluding carboxylic acids is 1. The van der Waals surface area contributed by atoms with E-state index >= 15 is 0 Å². The number of para-hydroxylation sites is 1. The highest BCUT2D eigenvalue weighted by Gasteiger charge is 2.48. The molecule has 0 spiro atoms. The number of fused-ring (bicyclic) bond motifs is 5. The minimum Gasteiger partial charge on any atom is -0.632 e. The number of aromatic amines is 1. The number of hydrogen-bond donors (Lipinski definition) is 2. The number of benzene rings is 1. The van der Waals surface area contributed by atoms with E-state index in [0.717, 1.165) is 23.2 Å². The Labute approximate surface area is 158 Å². The highest BCUT2D eigenvalue weighted by Crippen LogP contribution is 2.48. The van der Waals surface area contributed by atoms with Gasteiger partial charge in [0.05, 0.1) is 31.9 Å². The Hall–Kier alpha value is -2.15. The first kappa shape index (κ1) is 18.2. The standard InChI is InChI=1S/C21H26N2O4/c1-3-13-11-23(26)9-8-15-14-6-4-5-7-18(14)22-20(15)19(23)10-16(13)17(12-24)21(25)27-2/h3-7,16-17,19,22,24H,8-12H2,1-2H3/b13-3-/t16-,17+,19-,23?/m0/s1. The van der Waals surface area contributed by atoms with Gasteiger partial charge in [0.15, 0.2) is 0 Å². The molecule has 1 unspecified atom stereocenters. The Morgan fingerprint density at radius 1 is 1.48 bits per heavy atom. The summed E-state index contributed by atoms with van der Waals surface area (Å²) >= 11 is 0. The Morgan fingerprint density at radius 2 is 2.26 bits per heavy atom. The van der Waals surface area contributed by atoms with E-state index in [4.69, 9.17) is 4.74 Å². The van der Waals surface area contributed by atoms with Crippen molar-refractivity contribution in [2.24, 2.45) is 11.8 Å². The van der Waals surface area contributed by atoms with Crippen LogP contribution in [0, 0.1) is 17.0 Å². The van der Waals surface area contributed by atoms with E-state index in [9.17, 15) is 15.1 Å². The fraction of sp³-hybridized carbons (Fsp3) is 0.476. The molecule has 144 valence electrons. The number of aliphatic hydroxyl groups excluding tert-OH is 1. The van der Waals surface area contributed by atoms with Crippen molar-refractivity contribution >= 4 is 16.9 Å². The van der Waals surface area contributed by atoms with Crippen molar-refractivity contribution < 1.29 is 19.3 Å². The monoisotopic (exact) mass is 370 g/mol. The van der Waals surface area contributed by atoms with E-state index in [1.807, 2.05) is 31.2 Å². The van der Waals surface area contributed by atoms with E-state index in [1.54, 1.807) is 0 Å². The average molecular weight is 370 g/mol. The number of rotatable bonds is 3. The topological polar surface area (TPSA) is 85.4 Å². The van der Waals surface area contributed by atoms with E-state index < -0.39 is 11.9 Å². The number of allylic oxidation sites excluding steroid dienone is 1. The zero-order valence-electron chi connectivity index (χ0n) is 15.8. The van der Waals surface area contributed by atoms with Gasteiger partial charge in [0.25, 0.3) is 0 Å². The molecule has 3 heterocycles. The van der Waals surface area contributed by atoms with Crippen LogP contribution in [0.5, 0.6) is 0 Å². The van der Waals surface area contributed by atoms with Crippen LogP contribution >= 0.6 is 0 Å². The largest absolute Gasteiger partial charge is 0.632 e. The van der Waals surface area contributed by atoms with Crippen molar-refractivity contribution in [2.75, 3.05) is 26.8 Å². The lowest BCUT2D eigenvalue weighted by atomic mass is 9.75. The quantitative estimate of drug-likeness (QED) is 0.377. The smallest absolute Gasteiger partial charge is 0.311 e. The molecule has 2 aromatic rings. The summed E-state index contributed by atoms with van der Waals surface area (Å²) in [7, 11) is 1.34. The number of aromatic nitrogens is 1. The van der Waals surface area contributed by atoms with Gasteiger partial charge in [-0.2, -0.15) is 0 Å². The zero-order chi connectivity index (χ0) is 19.2. The average Bonchev–Trinajstić information content (AvgIpc) is 3.06. The zero-order valence-corrected chi connectivity index (χ0v) is 15.8.